The van der Waals surface area contributed by atoms with Gasteiger partial charge in [0.1, 0.15) is 5.03 Å². The van der Waals surface area contributed by atoms with Gasteiger partial charge in [-0.25, -0.2) is 4.98 Å². The van der Waals surface area contributed by atoms with Crippen LogP contribution in [-0.4, -0.2) is 14.8 Å². The molecule has 0 aliphatic rings. The van der Waals surface area contributed by atoms with Gasteiger partial charge < -0.3 is 0 Å². The van der Waals surface area contributed by atoms with Crippen LogP contribution >= 0.6 is 11.8 Å². The Labute approximate surface area is 85.0 Å². The lowest BCUT2D eigenvalue weighted by atomic mass is 10.5. The number of pyridine rings is 1. The molecule has 0 radical (unpaired) electrons. The second kappa shape index (κ2) is 3.79. The second-order valence-corrected chi connectivity index (χ2v) is 3.84. The number of halogens is 1. The Balaban J connectivity index is 2.18. The number of hydrogen-bond donors (Lipinski definition) is 0. The zero-order valence-corrected chi connectivity index (χ0v) is 8.33. The molecule has 0 unspecified atom stereocenters. The van der Waals surface area contributed by atoms with Crippen LogP contribution in [-0.2, 0) is 7.05 Å². The van der Waals surface area contributed by atoms with Crippen LogP contribution in [0.5, 0.6) is 0 Å². The van der Waals surface area contributed by atoms with E-state index < -0.39 is 5.95 Å². The van der Waals surface area contributed by atoms with Crippen molar-refractivity contribution in [2.75, 3.05) is 0 Å². The first-order valence-electron chi connectivity index (χ1n) is 4.03. The van der Waals surface area contributed by atoms with Gasteiger partial charge in [-0.3, -0.25) is 4.68 Å². The minimum atomic E-state index is -0.459. The minimum Gasteiger partial charge on any atom is -0.275 e. The van der Waals surface area contributed by atoms with Crippen molar-refractivity contribution >= 4 is 11.8 Å². The van der Waals surface area contributed by atoms with Crippen LogP contribution in [0.15, 0.2) is 40.5 Å². The highest BCUT2D eigenvalue weighted by molar-refractivity contribution is 7.99. The Morgan fingerprint density at radius 3 is 2.93 bits per heavy atom. The van der Waals surface area contributed by atoms with Crippen LogP contribution < -0.4 is 0 Å². The molecule has 5 heteroatoms. The van der Waals surface area contributed by atoms with Crippen molar-refractivity contribution in [2.45, 2.75) is 9.92 Å². The summed E-state index contributed by atoms with van der Waals surface area (Å²) in [5, 5.41) is 4.65. The van der Waals surface area contributed by atoms with Crippen molar-refractivity contribution in [1.82, 2.24) is 14.8 Å². The molecular weight excluding hydrogens is 201 g/mol. The van der Waals surface area contributed by atoms with Gasteiger partial charge in [-0.2, -0.15) is 9.49 Å². The lowest BCUT2D eigenvalue weighted by molar-refractivity contribution is 0.572. The van der Waals surface area contributed by atoms with Crippen molar-refractivity contribution in [3.05, 3.63) is 36.5 Å². The normalized spacial score (nSPS) is 10.4. The smallest absolute Gasteiger partial charge is 0.213 e. The van der Waals surface area contributed by atoms with E-state index >= 15 is 0 Å². The van der Waals surface area contributed by atoms with Gasteiger partial charge in [0.2, 0.25) is 5.95 Å². The summed E-state index contributed by atoms with van der Waals surface area (Å²) in [5.41, 5.74) is 0. The van der Waals surface area contributed by atoms with Gasteiger partial charge in [-0.05, 0) is 12.1 Å². The number of aromatic nitrogens is 3. The van der Waals surface area contributed by atoms with Gasteiger partial charge >= 0.3 is 0 Å². The third-order valence-electron chi connectivity index (χ3n) is 1.59. The molecule has 3 nitrogen and oxygen atoms in total. The van der Waals surface area contributed by atoms with E-state index in [0.717, 1.165) is 4.90 Å². The van der Waals surface area contributed by atoms with E-state index in [1.165, 1.54) is 17.8 Å². The molecule has 2 heterocycles. The molecule has 0 amide bonds. The highest BCUT2D eigenvalue weighted by Gasteiger charge is 2.01. The number of aryl methyl sites for hydroxylation is 1. The Hall–Kier alpha value is -1.36. The maximum atomic E-state index is 12.7. The lowest BCUT2D eigenvalue weighted by Crippen LogP contribution is -1.84. The fourth-order valence-electron chi connectivity index (χ4n) is 1.02. The summed E-state index contributed by atoms with van der Waals surface area (Å²) < 4.78 is 14.4. The van der Waals surface area contributed by atoms with E-state index in [0.29, 0.717) is 5.03 Å². The third-order valence-corrected chi connectivity index (χ3v) is 2.48. The average molecular weight is 209 g/mol. The first-order valence-corrected chi connectivity index (χ1v) is 4.85. The molecule has 2 rings (SSSR count). The van der Waals surface area contributed by atoms with Gasteiger partial charge in [-0.15, -0.1) is 0 Å². The predicted molar refractivity (Wildman–Crippen MR) is 51.5 cm³/mol. The van der Waals surface area contributed by atoms with Crippen LogP contribution in [0, 0.1) is 5.95 Å². The van der Waals surface area contributed by atoms with Gasteiger partial charge in [0.25, 0.3) is 0 Å². The van der Waals surface area contributed by atoms with Crippen LogP contribution in [0.25, 0.3) is 0 Å². The predicted octanol–water partition coefficient (Wildman–Crippen LogP) is 2.11. The Bertz CT molecular complexity index is 441. The molecule has 2 aromatic heterocycles. The van der Waals surface area contributed by atoms with E-state index in [9.17, 15) is 4.39 Å². The molecular formula is C9H8FN3S. The molecule has 0 aromatic carbocycles. The van der Waals surface area contributed by atoms with E-state index in [4.69, 9.17) is 0 Å². The zero-order valence-electron chi connectivity index (χ0n) is 7.51. The maximum absolute atomic E-state index is 12.7. The molecule has 0 N–H and O–H groups in total. The van der Waals surface area contributed by atoms with Crippen LogP contribution in [0.1, 0.15) is 0 Å². The Morgan fingerprint density at radius 2 is 2.29 bits per heavy atom. The van der Waals surface area contributed by atoms with Crippen molar-refractivity contribution in [2.24, 2.45) is 7.05 Å². The molecule has 0 aliphatic carbocycles. The lowest BCUT2D eigenvalue weighted by Gasteiger charge is -1.95. The zero-order chi connectivity index (χ0) is 9.97. The van der Waals surface area contributed by atoms with E-state index in [1.807, 2.05) is 13.2 Å². The summed E-state index contributed by atoms with van der Waals surface area (Å²) >= 11 is 1.39. The Kier molecular flexibility index (Phi) is 2.49. The molecule has 72 valence electrons. The molecule has 2 aromatic rings. The number of hydrogen-bond acceptors (Lipinski definition) is 3. The summed E-state index contributed by atoms with van der Waals surface area (Å²) in [6.45, 7) is 0. The fraction of sp³-hybridized carbons (Fsp3) is 0.111. The topological polar surface area (TPSA) is 30.7 Å². The summed E-state index contributed by atoms with van der Waals surface area (Å²) in [4.78, 5) is 4.69. The largest absolute Gasteiger partial charge is 0.275 e. The van der Waals surface area contributed by atoms with Crippen LogP contribution in [0.2, 0.25) is 0 Å². The first-order chi connectivity index (χ1) is 6.74. The van der Waals surface area contributed by atoms with Crippen LogP contribution in [0.3, 0.4) is 0 Å². The SMILES string of the molecule is Cn1cc(Sc2cccc(F)n2)cn1. The third kappa shape index (κ3) is 2.11. The second-order valence-electron chi connectivity index (χ2n) is 2.75. The quantitative estimate of drug-likeness (QED) is 0.710. The molecule has 0 atom stereocenters. The molecule has 0 aliphatic heterocycles. The maximum Gasteiger partial charge on any atom is 0.213 e. The first kappa shape index (κ1) is 9.21. The molecule has 0 fully saturated rings. The van der Waals surface area contributed by atoms with E-state index in [-0.39, 0.29) is 0 Å². The van der Waals surface area contributed by atoms with Gasteiger partial charge in [-0.1, -0.05) is 17.8 Å². The van der Waals surface area contributed by atoms with Crippen molar-refractivity contribution in [3.63, 3.8) is 0 Å². The molecule has 0 saturated heterocycles. The highest BCUT2D eigenvalue weighted by atomic mass is 32.2. The fourth-order valence-corrected chi connectivity index (χ4v) is 1.84. The average Bonchev–Trinajstić information content (AvgIpc) is 2.51. The minimum absolute atomic E-state index is 0.459. The molecule has 0 spiro atoms. The monoisotopic (exact) mass is 209 g/mol. The summed E-state index contributed by atoms with van der Waals surface area (Å²) in [7, 11) is 1.84. The summed E-state index contributed by atoms with van der Waals surface area (Å²) in [6.07, 6.45) is 3.58. The number of nitrogens with zero attached hydrogens (tertiary/aromatic N) is 3. The highest BCUT2D eigenvalue weighted by Crippen LogP contribution is 2.24. The summed E-state index contributed by atoms with van der Waals surface area (Å²) in [6, 6.07) is 4.73. The molecule has 0 bridgehead atoms. The van der Waals surface area contributed by atoms with E-state index in [1.54, 1.807) is 23.0 Å². The van der Waals surface area contributed by atoms with Gasteiger partial charge in [0.05, 0.1) is 11.1 Å². The van der Waals surface area contributed by atoms with Crippen LogP contribution in [0.4, 0.5) is 4.39 Å². The standard InChI is InChI=1S/C9H8FN3S/c1-13-6-7(5-11-13)14-9-4-2-3-8(10)12-9/h2-6H,1H3. The molecule has 14 heavy (non-hydrogen) atoms. The van der Waals surface area contributed by atoms with E-state index in [2.05, 4.69) is 10.1 Å². The summed E-state index contributed by atoms with van der Waals surface area (Å²) in [5.74, 6) is -0.459. The number of rotatable bonds is 2. The van der Waals surface area contributed by atoms with Gasteiger partial charge in [0.15, 0.2) is 0 Å². The van der Waals surface area contributed by atoms with Crippen molar-refractivity contribution in [3.8, 4) is 0 Å². The van der Waals surface area contributed by atoms with Crippen molar-refractivity contribution < 1.29 is 4.39 Å². The molecule has 0 saturated carbocycles. The Morgan fingerprint density at radius 1 is 1.43 bits per heavy atom. The van der Waals surface area contributed by atoms with Crippen molar-refractivity contribution in [1.29, 1.82) is 0 Å². The van der Waals surface area contributed by atoms with Gasteiger partial charge in [0, 0.05) is 13.2 Å².